The van der Waals surface area contributed by atoms with E-state index in [0.29, 0.717) is 5.56 Å². The van der Waals surface area contributed by atoms with Gasteiger partial charge in [-0.25, -0.2) is 0 Å². The highest BCUT2D eigenvalue weighted by molar-refractivity contribution is 5.92. The van der Waals surface area contributed by atoms with Crippen LogP contribution in [0, 0.1) is 0 Å². The molecule has 0 aliphatic carbocycles. The van der Waals surface area contributed by atoms with Crippen LogP contribution in [0.2, 0.25) is 0 Å². The van der Waals surface area contributed by atoms with Gasteiger partial charge in [-0.2, -0.15) is 4.39 Å². The van der Waals surface area contributed by atoms with Crippen LogP contribution in [0.3, 0.4) is 0 Å². The number of halogens is 1. The molecule has 0 aliphatic heterocycles. The Morgan fingerprint density at radius 2 is 2.00 bits per heavy atom. The van der Waals surface area contributed by atoms with Crippen LogP contribution in [0.1, 0.15) is 5.56 Å². The average Bonchev–Trinajstić information content (AvgIpc) is 2.07. The van der Waals surface area contributed by atoms with Crippen LogP contribution >= 0.6 is 0 Å². The van der Waals surface area contributed by atoms with Crippen LogP contribution in [-0.2, 0) is 4.84 Å². The summed E-state index contributed by atoms with van der Waals surface area (Å²) in [5.74, 6) is -0.604. The van der Waals surface area contributed by atoms with Crippen molar-refractivity contribution in [3.63, 3.8) is 0 Å². The highest BCUT2D eigenvalue weighted by Gasteiger charge is 1.98. The van der Waals surface area contributed by atoms with Gasteiger partial charge in [0.2, 0.25) is 0 Å². The number of benzene rings is 1. The smallest absolute Gasteiger partial charge is 0.256 e. The number of rotatable bonds is 2. The summed E-state index contributed by atoms with van der Waals surface area (Å²) in [4.78, 5) is 4.27. The van der Waals surface area contributed by atoms with Gasteiger partial charge in [0.15, 0.2) is 0 Å². The van der Waals surface area contributed by atoms with Crippen LogP contribution in [-0.4, -0.2) is 13.1 Å². The van der Waals surface area contributed by atoms with Gasteiger partial charge in [0.05, 0.1) is 0 Å². The van der Waals surface area contributed by atoms with Crippen molar-refractivity contribution >= 4 is 5.97 Å². The quantitative estimate of drug-likeness (QED) is 0.470. The lowest BCUT2D eigenvalue weighted by molar-refractivity contribution is 0.209. The average molecular weight is 153 g/mol. The summed E-state index contributed by atoms with van der Waals surface area (Å²) in [6.07, 6.45) is 0. The lowest BCUT2D eigenvalue weighted by atomic mass is 10.2. The fourth-order valence-corrected chi connectivity index (χ4v) is 0.709. The minimum atomic E-state index is -0.604. The maximum atomic E-state index is 12.8. The van der Waals surface area contributed by atoms with Crippen LogP contribution in [0.15, 0.2) is 35.5 Å². The highest BCUT2D eigenvalue weighted by atomic mass is 19.1. The van der Waals surface area contributed by atoms with E-state index < -0.39 is 5.97 Å². The molecule has 0 radical (unpaired) electrons. The third-order valence-electron chi connectivity index (χ3n) is 1.18. The van der Waals surface area contributed by atoms with Gasteiger partial charge in [-0.15, -0.1) is 0 Å². The SMILES string of the molecule is CO/N=C(\F)c1ccccc1. The summed E-state index contributed by atoms with van der Waals surface area (Å²) in [7, 11) is 1.31. The molecule has 0 fully saturated rings. The first kappa shape index (κ1) is 7.72. The van der Waals surface area contributed by atoms with E-state index in [1.54, 1.807) is 24.3 Å². The Balaban J connectivity index is 2.85. The third-order valence-corrected chi connectivity index (χ3v) is 1.18. The molecule has 2 nitrogen and oxygen atoms in total. The minimum absolute atomic E-state index is 0.425. The Morgan fingerprint density at radius 3 is 2.55 bits per heavy atom. The molecule has 3 heteroatoms. The fraction of sp³-hybridized carbons (Fsp3) is 0.125. The molecular formula is C8H8FNO. The maximum Gasteiger partial charge on any atom is 0.256 e. The molecule has 1 aromatic carbocycles. The molecule has 0 aromatic heterocycles. The fourth-order valence-electron chi connectivity index (χ4n) is 0.709. The van der Waals surface area contributed by atoms with Gasteiger partial charge in [-0.1, -0.05) is 35.5 Å². The third kappa shape index (κ3) is 2.04. The predicted octanol–water partition coefficient (Wildman–Crippen LogP) is 1.96. The molecule has 0 amide bonds. The normalized spacial score (nSPS) is 11.3. The standard InChI is InChI=1S/C8H8FNO/c1-11-10-8(9)7-5-3-2-4-6-7/h2-6H,1H3/b10-8-. The molecular weight excluding hydrogens is 145 g/mol. The van der Waals surface area contributed by atoms with E-state index in [9.17, 15) is 4.39 Å². The first-order valence-electron chi connectivity index (χ1n) is 3.16. The topological polar surface area (TPSA) is 21.6 Å². The predicted molar refractivity (Wildman–Crippen MR) is 41.1 cm³/mol. The molecule has 0 saturated carbocycles. The van der Waals surface area contributed by atoms with Gasteiger partial charge in [0.1, 0.15) is 7.11 Å². The van der Waals surface area contributed by atoms with Crippen molar-refractivity contribution in [3.8, 4) is 0 Å². The first-order chi connectivity index (χ1) is 5.34. The van der Waals surface area contributed by atoms with Gasteiger partial charge in [-0.05, 0) is 0 Å². The minimum Gasteiger partial charge on any atom is -0.397 e. The second-order valence-corrected chi connectivity index (χ2v) is 1.93. The molecule has 0 saturated heterocycles. The van der Waals surface area contributed by atoms with Crippen molar-refractivity contribution in [2.45, 2.75) is 0 Å². The monoisotopic (exact) mass is 153 g/mol. The first-order valence-corrected chi connectivity index (χ1v) is 3.16. The molecule has 1 rings (SSSR count). The molecule has 0 spiro atoms. The van der Waals surface area contributed by atoms with Gasteiger partial charge >= 0.3 is 0 Å². The Labute approximate surface area is 64.3 Å². The Morgan fingerprint density at radius 1 is 1.36 bits per heavy atom. The summed E-state index contributed by atoms with van der Waals surface area (Å²) in [5, 5.41) is 3.14. The summed E-state index contributed by atoms with van der Waals surface area (Å²) in [6.45, 7) is 0. The highest BCUT2D eigenvalue weighted by Crippen LogP contribution is 2.01. The molecule has 0 heterocycles. The number of hydrogen-bond donors (Lipinski definition) is 0. The second kappa shape index (κ2) is 3.71. The molecule has 0 N–H and O–H groups in total. The molecule has 11 heavy (non-hydrogen) atoms. The largest absolute Gasteiger partial charge is 0.397 e. The second-order valence-electron chi connectivity index (χ2n) is 1.93. The van der Waals surface area contributed by atoms with E-state index >= 15 is 0 Å². The van der Waals surface area contributed by atoms with Gasteiger partial charge in [0, 0.05) is 5.56 Å². The number of oxime groups is 1. The van der Waals surface area contributed by atoms with Crippen LogP contribution in [0.5, 0.6) is 0 Å². The van der Waals surface area contributed by atoms with Crippen LogP contribution < -0.4 is 0 Å². The van der Waals surface area contributed by atoms with Gasteiger partial charge < -0.3 is 4.84 Å². The van der Waals surface area contributed by atoms with E-state index in [-0.39, 0.29) is 0 Å². The van der Waals surface area contributed by atoms with E-state index in [1.807, 2.05) is 6.07 Å². The van der Waals surface area contributed by atoms with Gasteiger partial charge in [-0.3, -0.25) is 0 Å². The lowest BCUT2D eigenvalue weighted by Gasteiger charge is -1.93. The number of hydrogen-bond acceptors (Lipinski definition) is 2. The molecule has 0 aliphatic rings. The molecule has 0 unspecified atom stereocenters. The lowest BCUT2D eigenvalue weighted by Crippen LogP contribution is -1.91. The summed E-state index contributed by atoms with van der Waals surface area (Å²) >= 11 is 0. The Bertz CT molecular complexity index is 246. The van der Waals surface area contributed by atoms with E-state index in [2.05, 4.69) is 9.99 Å². The zero-order valence-electron chi connectivity index (χ0n) is 6.12. The van der Waals surface area contributed by atoms with Crippen molar-refractivity contribution in [2.75, 3.05) is 7.11 Å². The van der Waals surface area contributed by atoms with E-state index in [1.165, 1.54) is 7.11 Å². The van der Waals surface area contributed by atoms with E-state index in [4.69, 9.17) is 0 Å². The van der Waals surface area contributed by atoms with Crippen molar-refractivity contribution in [1.29, 1.82) is 0 Å². The Hall–Kier alpha value is -1.38. The zero-order valence-corrected chi connectivity index (χ0v) is 6.12. The van der Waals surface area contributed by atoms with Crippen molar-refractivity contribution in [1.82, 2.24) is 0 Å². The molecule has 0 atom stereocenters. The van der Waals surface area contributed by atoms with Crippen molar-refractivity contribution < 1.29 is 9.23 Å². The molecule has 1 aromatic rings. The van der Waals surface area contributed by atoms with E-state index in [0.717, 1.165) is 0 Å². The Kier molecular flexibility index (Phi) is 2.60. The maximum absolute atomic E-state index is 12.8. The summed E-state index contributed by atoms with van der Waals surface area (Å²) in [5.41, 5.74) is 0.425. The van der Waals surface area contributed by atoms with Crippen molar-refractivity contribution in [3.05, 3.63) is 35.9 Å². The van der Waals surface area contributed by atoms with Crippen molar-refractivity contribution in [2.24, 2.45) is 5.16 Å². The zero-order chi connectivity index (χ0) is 8.10. The summed E-state index contributed by atoms with van der Waals surface area (Å²) < 4.78 is 12.8. The summed E-state index contributed by atoms with van der Waals surface area (Å²) in [6, 6.07) is 8.53. The van der Waals surface area contributed by atoms with Gasteiger partial charge in [0.25, 0.3) is 5.97 Å². The molecule has 0 bridgehead atoms. The number of nitrogens with zero attached hydrogens (tertiary/aromatic N) is 1. The van der Waals surface area contributed by atoms with Crippen LogP contribution in [0.4, 0.5) is 4.39 Å². The van der Waals surface area contributed by atoms with Crippen LogP contribution in [0.25, 0.3) is 0 Å². The molecule has 58 valence electrons.